The molecule has 10 heteroatoms. The van der Waals surface area contributed by atoms with E-state index in [-0.39, 0.29) is 43.5 Å². The fourth-order valence-electron chi connectivity index (χ4n) is 3.34. The van der Waals surface area contributed by atoms with Gasteiger partial charge in [0, 0.05) is 18.1 Å². The fourth-order valence-corrected chi connectivity index (χ4v) is 3.51. The molecule has 1 aliphatic rings. The van der Waals surface area contributed by atoms with Crippen LogP contribution < -0.4 is 20.1 Å². The number of rotatable bonds is 3. The van der Waals surface area contributed by atoms with E-state index in [0.29, 0.717) is 48.0 Å². The first-order valence-electron chi connectivity index (χ1n) is 11.0. The topological polar surface area (TPSA) is 97.0 Å². The molecule has 0 saturated heterocycles. The Hall–Kier alpha value is -3.33. The molecule has 1 aliphatic heterocycles. The van der Waals surface area contributed by atoms with Crippen molar-refractivity contribution in [2.24, 2.45) is 0 Å². The van der Waals surface area contributed by atoms with Crippen LogP contribution in [0, 0.1) is 5.82 Å². The Kier molecular flexibility index (Phi) is 9.09. The van der Waals surface area contributed by atoms with Gasteiger partial charge in [0.1, 0.15) is 23.9 Å². The highest BCUT2D eigenvalue weighted by Gasteiger charge is 2.20. The molecule has 2 aromatic carbocycles. The third-order valence-corrected chi connectivity index (χ3v) is 5.32. The van der Waals surface area contributed by atoms with Crippen LogP contribution in [-0.2, 0) is 9.59 Å². The van der Waals surface area contributed by atoms with Gasteiger partial charge in [0.15, 0.2) is 6.61 Å². The number of carbonyl (C=O) groups excluding carboxylic acids is 3. The van der Waals surface area contributed by atoms with E-state index < -0.39 is 5.82 Å². The van der Waals surface area contributed by atoms with Gasteiger partial charge in [-0.25, -0.2) is 4.39 Å². The van der Waals surface area contributed by atoms with Crippen LogP contribution in [0.5, 0.6) is 11.5 Å². The van der Waals surface area contributed by atoms with Gasteiger partial charge in [0.2, 0.25) is 5.91 Å². The van der Waals surface area contributed by atoms with Crippen molar-refractivity contribution in [3.63, 3.8) is 0 Å². The summed E-state index contributed by atoms with van der Waals surface area (Å²) in [6.45, 7) is 2.13. The quantitative estimate of drug-likeness (QED) is 0.688. The standard InChI is InChI=1S/C24H27ClFN3O5/c1-16-14-34-21-9-4-17(25)12-20(21)24(32)27-10-2-3-11-29(13-22(30)28-16)23(31)15-33-19-7-5-18(26)6-8-19/h4-9,12,16H,2-3,10-11,13-15H2,1H3,(H,27,32)(H,28,30)/t16-/m1/s1. The molecule has 0 fully saturated rings. The maximum absolute atomic E-state index is 13.1. The van der Waals surface area contributed by atoms with Crippen molar-refractivity contribution in [2.45, 2.75) is 25.8 Å². The number of fused-ring (bicyclic) bond motifs is 1. The van der Waals surface area contributed by atoms with E-state index in [1.807, 2.05) is 0 Å². The molecule has 0 spiro atoms. The van der Waals surface area contributed by atoms with E-state index in [1.54, 1.807) is 19.1 Å². The summed E-state index contributed by atoms with van der Waals surface area (Å²) in [5.74, 6) is -0.717. The molecule has 2 aromatic rings. The zero-order chi connectivity index (χ0) is 24.5. The van der Waals surface area contributed by atoms with Crippen LogP contribution >= 0.6 is 11.6 Å². The lowest BCUT2D eigenvalue weighted by Crippen LogP contribution is -2.46. The highest BCUT2D eigenvalue weighted by Crippen LogP contribution is 2.23. The summed E-state index contributed by atoms with van der Waals surface area (Å²) in [7, 11) is 0. The van der Waals surface area contributed by atoms with Crippen LogP contribution in [0.1, 0.15) is 30.1 Å². The first-order chi connectivity index (χ1) is 16.3. The maximum Gasteiger partial charge on any atom is 0.260 e. The maximum atomic E-state index is 13.1. The van der Waals surface area contributed by atoms with Crippen molar-refractivity contribution in [2.75, 3.05) is 32.8 Å². The molecule has 3 amide bonds. The Morgan fingerprint density at radius 2 is 1.97 bits per heavy atom. The number of hydrogen-bond donors (Lipinski definition) is 2. The number of hydrogen-bond acceptors (Lipinski definition) is 5. The zero-order valence-electron chi connectivity index (χ0n) is 18.8. The molecule has 0 saturated carbocycles. The number of ether oxygens (including phenoxy) is 2. The van der Waals surface area contributed by atoms with Crippen molar-refractivity contribution in [1.29, 1.82) is 0 Å². The van der Waals surface area contributed by atoms with Gasteiger partial charge in [0.25, 0.3) is 11.8 Å². The van der Waals surface area contributed by atoms with Gasteiger partial charge in [-0.15, -0.1) is 0 Å². The smallest absolute Gasteiger partial charge is 0.260 e. The number of carbonyl (C=O) groups is 3. The normalized spacial score (nSPS) is 17.9. The summed E-state index contributed by atoms with van der Waals surface area (Å²) in [5, 5.41) is 6.04. The number of nitrogens with zero attached hydrogens (tertiary/aromatic N) is 1. The fraction of sp³-hybridized carbons (Fsp3) is 0.375. The van der Waals surface area contributed by atoms with Gasteiger partial charge in [-0.05, 0) is 62.2 Å². The highest BCUT2D eigenvalue weighted by molar-refractivity contribution is 6.31. The Morgan fingerprint density at radius 3 is 2.74 bits per heavy atom. The van der Waals surface area contributed by atoms with Crippen LogP contribution in [0.2, 0.25) is 5.02 Å². The molecule has 0 unspecified atom stereocenters. The monoisotopic (exact) mass is 491 g/mol. The highest BCUT2D eigenvalue weighted by atomic mass is 35.5. The SMILES string of the molecule is C[C@@H]1COc2ccc(Cl)cc2C(=O)NCCCCN(C(=O)COc2ccc(F)cc2)CC(=O)N1. The molecule has 1 heterocycles. The Balaban J connectivity index is 1.65. The number of amides is 3. The first-order valence-corrected chi connectivity index (χ1v) is 11.4. The third-order valence-electron chi connectivity index (χ3n) is 5.09. The molecule has 2 N–H and O–H groups in total. The minimum Gasteiger partial charge on any atom is -0.491 e. The van der Waals surface area contributed by atoms with Crippen molar-refractivity contribution < 1.29 is 28.2 Å². The van der Waals surface area contributed by atoms with Gasteiger partial charge in [-0.3, -0.25) is 14.4 Å². The first kappa shape index (κ1) is 25.3. The third kappa shape index (κ3) is 7.62. The summed E-state index contributed by atoms with van der Waals surface area (Å²) < 4.78 is 24.2. The zero-order valence-corrected chi connectivity index (χ0v) is 19.6. The van der Waals surface area contributed by atoms with E-state index in [1.165, 1.54) is 35.2 Å². The average Bonchev–Trinajstić information content (AvgIpc) is 2.81. The van der Waals surface area contributed by atoms with E-state index in [0.717, 1.165) is 0 Å². The average molecular weight is 492 g/mol. The largest absolute Gasteiger partial charge is 0.491 e. The van der Waals surface area contributed by atoms with Gasteiger partial charge in [-0.1, -0.05) is 11.6 Å². The second-order valence-electron chi connectivity index (χ2n) is 7.94. The van der Waals surface area contributed by atoms with Crippen molar-refractivity contribution >= 4 is 29.3 Å². The Labute approximate surface area is 202 Å². The number of benzene rings is 2. The van der Waals surface area contributed by atoms with Crippen LogP contribution in [0.15, 0.2) is 42.5 Å². The lowest BCUT2D eigenvalue weighted by molar-refractivity contribution is -0.138. The van der Waals surface area contributed by atoms with Gasteiger partial charge in [0.05, 0.1) is 18.2 Å². The van der Waals surface area contributed by atoms with Gasteiger partial charge < -0.3 is 25.0 Å². The second-order valence-corrected chi connectivity index (χ2v) is 8.38. The summed E-state index contributed by atoms with van der Waals surface area (Å²) in [5.41, 5.74) is 0.315. The second kappa shape index (κ2) is 12.2. The predicted octanol–water partition coefficient (Wildman–Crippen LogP) is 2.79. The molecular weight excluding hydrogens is 465 g/mol. The lowest BCUT2D eigenvalue weighted by atomic mass is 10.2. The van der Waals surface area contributed by atoms with Gasteiger partial charge in [-0.2, -0.15) is 0 Å². The molecule has 8 nitrogen and oxygen atoms in total. The van der Waals surface area contributed by atoms with Crippen LogP contribution in [-0.4, -0.2) is 61.5 Å². The predicted molar refractivity (Wildman–Crippen MR) is 125 cm³/mol. The van der Waals surface area contributed by atoms with E-state index in [2.05, 4.69) is 10.6 Å². The number of nitrogens with one attached hydrogen (secondary N) is 2. The molecule has 0 aliphatic carbocycles. The summed E-state index contributed by atoms with van der Waals surface area (Å²) >= 11 is 6.04. The minimum atomic E-state index is -0.405. The minimum absolute atomic E-state index is 0.120. The van der Waals surface area contributed by atoms with Crippen LogP contribution in [0.3, 0.4) is 0 Å². The molecule has 0 aromatic heterocycles. The summed E-state index contributed by atoms with van der Waals surface area (Å²) in [6.07, 6.45) is 1.15. The van der Waals surface area contributed by atoms with Crippen molar-refractivity contribution in [1.82, 2.24) is 15.5 Å². The van der Waals surface area contributed by atoms with Crippen molar-refractivity contribution in [3.05, 3.63) is 58.9 Å². The molecule has 3 rings (SSSR count). The van der Waals surface area contributed by atoms with Crippen LogP contribution in [0.4, 0.5) is 4.39 Å². The van der Waals surface area contributed by atoms with Crippen LogP contribution in [0.25, 0.3) is 0 Å². The summed E-state index contributed by atoms with van der Waals surface area (Å²) in [6, 6.07) is 9.73. The lowest BCUT2D eigenvalue weighted by Gasteiger charge is -2.23. The Morgan fingerprint density at radius 1 is 1.21 bits per heavy atom. The van der Waals surface area contributed by atoms with Gasteiger partial charge >= 0.3 is 0 Å². The van der Waals surface area contributed by atoms with E-state index >= 15 is 0 Å². The molecule has 0 bridgehead atoms. The molecule has 0 radical (unpaired) electrons. The number of halogens is 2. The molecular formula is C24H27ClFN3O5. The molecule has 182 valence electrons. The summed E-state index contributed by atoms with van der Waals surface area (Å²) in [4.78, 5) is 39.3. The van der Waals surface area contributed by atoms with E-state index in [4.69, 9.17) is 21.1 Å². The molecule has 34 heavy (non-hydrogen) atoms. The molecule has 1 atom stereocenters. The Bertz CT molecular complexity index is 1020. The van der Waals surface area contributed by atoms with Crippen molar-refractivity contribution in [3.8, 4) is 11.5 Å². The van der Waals surface area contributed by atoms with E-state index in [9.17, 15) is 18.8 Å².